The maximum atomic E-state index is 12.1. The van der Waals surface area contributed by atoms with Gasteiger partial charge in [0.15, 0.2) is 0 Å². The predicted molar refractivity (Wildman–Crippen MR) is 65.7 cm³/mol. The van der Waals surface area contributed by atoms with Crippen LogP contribution < -0.4 is 0 Å². The predicted octanol–water partition coefficient (Wildman–Crippen LogP) is 3.00. The molecule has 16 heavy (non-hydrogen) atoms. The summed E-state index contributed by atoms with van der Waals surface area (Å²) >= 11 is 5.76. The molecule has 3 nitrogen and oxygen atoms in total. The van der Waals surface area contributed by atoms with Crippen molar-refractivity contribution >= 4 is 17.5 Å². The minimum atomic E-state index is -0.179. The molecule has 0 aromatic carbocycles. The number of nitrogens with zero attached hydrogens (tertiary/aromatic N) is 2. The van der Waals surface area contributed by atoms with E-state index in [1.807, 2.05) is 13.8 Å². The minimum Gasteiger partial charge on any atom is -0.335 e. The normalized spacial score (nSPS) is 11.3. The number of aromatic nitrogens is 1. The van der Waals surface area contributed by atoms with Crippen LogP contribution in [-0.2, 0) is 0 Å². The Kier molecular flexibility index (Phi) is 3.92. The largest absolute Gasteiger partial charge is 0.335 e. The van der Waals surface area contributed by atoms with Crippen LogP contribution in [0.1, 0.15) is 37.7 Å². The van der Waals surface area contributed by atoms with E-state index in [9.17, 15) is 4.79 Å². The molecule has 1 rings (SSSR count). The van der Waals surface area contributed by atoms with Gasteiger partial charge in [0.2, 0.25) is 0 Å². The number of carbonyl (C=O) groups excluding carboxylic acids is 1. The molecule has 1 aromatic heterocycles. The fraction of sp³-hybridized carbons (Fsp3) is 0.500. The van der Waals surface area contributed by atoms with Crippen molar-refractivity contribution in [1.82, 2.24) is 9.88 Å². The Morgan fingerprint density at radius 1 is 1.50 bits per heavy atom. The number of hydrogen-bond acceptors (Lipinski definition) is 2. The van der Waals surface area contributed by atoms with Crippen LogP contribution in [0.5, 0.6) is 0 Å². The molecule has 1 aromatic rings. The summed E-state index contributed by atoms with van der Waals surface area (Å²) in [6, 6.07) is 5.06. The van der Waals surface area contributed by atoms with E-state index in [0.29, 0.717) is 10.8 Å². The molecule has 1 amide bonds. The number of hydrogen-bond donors (Lipinski definition) is 0. The number of amides is 1. The summed E-state index contributed by atoms with van der Waals surface area (Å²) in [7, 11) is 1.79. The molecule has 0 N–H and O–H groups in total. The fourth-order valence-corrected chi connectivity index (χ4v) is 1.38. The molecule has 0 aliphatic heterocycles. The number of halogens is 1. The molecule has 0 unspecified atom stereocenters. The van der Waals surface area contributed by atoms with E-state index in [0.717, 1.165) is 6.42 Å². The summed E-state index contributed by atoms with van der Waals surface area (Å²) in [5, 5.41) is 0.341. The zero-order valence-corrected chi connectivity index (χ0v) is 10.9. The van der Waals surface area contributed by atoms with Gasteiger partial charge in [-0.2, -0.15) is 0 Å². The Morgan fingerprint density at radius 2 is 2.12 bits per heavy atom. The lowest BCUT2D eigenvalue weighted by atomic mass is 9.99. The Hall–Kier alpha value is -1.09. The molecule has 4 heteroatoms. The molecule has 0 aliphatic carbocycles. The lowest BCUT2D eigenvalue weighted by Crippen LogP contribution is -2.44. The van der Waals surface area contributed by atoms with E-state index in [1.54, 1.807) is 30.1 Å². The molecular formula is C12H17ClN2O. The standard InChI is InChI=1S/C12H17ClN2O/c1-5-12(2,3)15(4)11(16)9-7-6-8-10(13)14-9/h6-8H,5H2,1-4H3. The smallest absolute Gasteiger partial charge is 0.272 e. The first-order valence-corrected chi connectivity index (χ1v) is 5.67. The van der Waals surface area contributed by atoms with Gasteiger partial charge < -0.3 is 4.90 Å². The number of pyridine rings is 1. The van der Waals surface area contributed by atoms with Crippen molar-refractivity contribution in [2.75, 3.05) is 7.05 Å². The van der Waals surface area contributed by atoms with Crippen LogP contribution in [0.2, 0.25) is 5.15 Å². The Morgan fingerprint density at radius 3 is 2.62 bits per heavy atom. The van der Waals surface area contributed by atoms with Crippen LogP contribution in [-0.4, -0.2) is 28.4 Å². The topological polar surface area (TPSA) is 33.2 Å². The fourth-order valence-electron chi connectivity index (χ4n) is 1.21. The van der Waals surface area contributed by atoms with E-state index >= 15 is 0 Å². The molecular weight excluding hydrogens is 224 g/mol. The van der Waals surface area contributed by atoms with Crippen molar-refractivity contribution < 1.29 is 4.79 Å². The van der Waals surface area contributed by atoms with E-state index in [2.05, 4.69) is 11.9 Å². The molecule has 0 fully saturated rings. The lowest BCUT2D eigenvalue weighted by molar-refractivity contribution is 0.0614. The van der Waals surface area contributed by atoms with Crippen LogP contribution in [0.25, 0.3) is 0 Å². The molecule has 88 valence electrons. The van der Waals surface area contributed by atoms with Gasteiger partial charge in [0, 0.05) is 12.6 Å². The molecule has 0 spiro atoms. The average molecular weight is 241 g/mol. The summed E-state index contributed by atoms with van der Waals surface area (Å²) < 4.78 is 0. The van der Waals surface area contributed by atoms with Gasteiger partial charge >= 0.3 is 0 Å². The van der Waals surface area contributed by atoms with Crippen LogP contribution in [0.15, 0.2) is 18.2 Å². The minimum absolute atomic E-state index is 0.102. The average Bonchev–Trinajstić information content (AvgIpc) is 2.27. The van der Waals surface area contributed by atoms with Gasteiger partial charge in [-0.05, 0) is 32.4 Å². The van der Waals surface area contributed by atoms with Crippen molar-refractivity contribution in [3.63, 3.8) is 0 Å². The van der Waals surface area contributed by atoms with Gasteiger partial charge in [-0.15, -0.1) is 0 Å². The highest BCUT2D eigenvalue weighted by Gasteiger charge is 2.27. The Labute approximate surface area is 101 Å². The summed E-state index contributed by atoms with van der Waals surface area (Å²) in [4.78, 5) is 17.8. The van der Waals surface area contributed by atoms with Gasteiger partial charge in [0.1, 0.15) is 10.8 Å². The second-order valence-electron chi connectivity index (χ2n) is 4.38. The van der Waals surface area contributed by atoms with Crippen molar-refractivity contribution in [3.8, 4) is 0 Å². The highest BCUT2D eigenvalue weighted by Crippen LogP contribution is 2.19. The second kappa shape index (κ2) is 4.83. The summed E-state index contributed by atoms with van der Waals surface area (Å²) in [5.74, 6) is -0.102. The molecule has 0 atom stereocenters. The van der Waals surface area contributed by atoms with Crippen molar-refractivity contribution in [3.05, 3.63) is 29.0 Å². The highest BCUT2D eigenvalue weighted by molar-refractivity contribution is 6.29. The molecule has 0 radical (unpaired) electrons. The van der Waals surface area contributed by atoms with Gasteiger partial charge in [0.25, 0.3) is 5.91 Å². The first-order chi connectivity index (χ1) is 7.38. The molecule has 0 saturated carbocycles. The first kappa shape index (κ1) is 13.0. The van der Waals surface area contributed by atoms with E-state index in [1.165, 1.54) is 0 Å². The Bertz CT molecular complexity index is 390. The zero-order chi connectivity index (χ0) is 12.3. The second-order valence-corrected chi connectivity index (χ2v) is 4.76. The Balaban J connectivity index is 2.95. The van der Waals surface area contributed by atoms with Crippen molar-refractivity contribution in [2.45, 2.75) is 32.7 Å². The molecule has 0 bridgehead atoms. The highest BCUT2D eigenvalue weighted by atomic mass is 35.5. The number of rotatable bonds is 3. The van der Waals surface area contributed by atoms with E-state index in [4.69, 9.17) is 11.6 Å². The summed E-state index contributed by atoms with van der Waals surface area (Å²) in [6.45, 7) is 6.10. The van der Waals surface area contributed by atoms with E-state index < -0.39 is 0 Å². The van der Waals surface area contributed by atoms with E-state index in [-0.39, 0.29) is 11.4 Å². The number of carbonyl (C=O) groups is 1. The van der Waals surface area contributed by atoms with Crippen molar-refractivity contribution in [1.29, 1.82) is 0 Å². The SMILES string of the molecule is CCC(C)(C)N(C)C(=O)c1cccc(Cl)n1. The maximum absolute atomic E-state index is 12.1. The third-order valence-electron chi connectivity index (χ3n) is 3.01. The molecule has 1 heterocycles. The molecule has 0 saturated heterocycles. The maximum Gasteiger partial charge on any atom is 0.272 e. The van der Waals surface area contributed by atoms with Gasteiger partial charge in [-0.3, -0.25) is 4.79 Å². The molecule has 0 aliphatic rings. The van der Waals surface area contributed by atoms with Gasteiger partial charge in [0.05, 0.1) is 0 Å². The van der Waals surface area contributed by atoms with Crippen LogP contribution in [0, 0.1) is 0 Å². The van der Waals surface area contributed by atoms with Crippen LogP contribution in [0.4, 0.5) is 0 Å². The van der Waals surface area contributed by atoms with Gasteiger partial charge in [-0.25, -0.2) is 4.98 Å². The third kappa shape index (κ3) is 2.73. The summed E-state index contributed by atoms with van der Waals surface area (Å²) in [5.41, 5.74) is 0.206. The third-order valence-corrected chi connectivity index (χ3v) is 3.22. The van der Waals surface area contributed by atoms with Gasteiger partial charge in [-0.1, -0.05) is 24.6 Å². The van der Waals surface area contributed by atoms with Crippen LogP contribution in [0.3, 0.4) is 0 Å². The summed E-state index contributed by atoms with van der Waals surface area (Å²) in [6.07, 6.45) is 0.885. The lowest BCUT2D eigenvalue weighted by Gasteiger charge is -2.34. The van der Waals surface area contributed by atoms with Crippen molar-refractivity contribution in [2.24, 2.45) is 0 Å². The monoisotopic (exact) mass is 240 g/mol. The quantitative estimate of drug-likeness (QED) is 0.761. The zero-order valence-electron chi connectivity index (χ0n) is 10.1. The first-order valence-electron chi connectivity index (χ1n) is 5.29. The van der Waals surface area contributed by atoms with Crippen LogP contribution >= 0.6 is 11.6 Å².